The van der Waals surface area contributed by atoms with Crippen molar-refractivity contribution in [1.82, 2.24) is 4.57 Å². The maximum absolute atomic E-state index is 11.1. The number of sulfonamides is 1. The predicted molar refractivity (Wildman–Crippen MR) is 53.3 cm³/mol. The average Bonchev–Trinajstić information content (AvgIpc) is 2.76. The highest BCUT2D eigenvalue weighted by atomic mass is 32.2. The van der Waals surface area contributed by atoms with Crippen molar-refractivity contribution in [2.45, 2.75) is 31.2 Å². The summed E-state index contributed by atoms with van der Waals surface area (Å²) in [5.41, 5.74) is 0.749. The van der Waals surface area contributed by atoms with Crippen LogP contribution in [0.1, 0.15) is 18.5 Å². The van der Waals surface area contributed by atoms with E-state index in [-0.39, 0.29) is 4.90 Å². The van der Waals surface area contributed by atoms with Gasteiger partial charge in [0.1, 0.15) is 4.90 Å². The number of rotatable bonds is 3. The summed E-state index contributed by atoms with van der Waals surface area (Å²) in [6.45, 7) is 2.71. The van der Waals surface area contributed by atoms with Crippen LogP contribution in [0.15, 0.2) is 17.2 Å². The Morgan fingerprint density at radius 2 is 2.21 bits per heavy atom. The zero-order valence-corrected chi connectivity index (χ0v) is 8.92. The van der Waals surface area contributed by atoms with Crippen LogP contribution in [0.3, 0.4) is 0 Å². The second kappa shape index (κ2) is 3.10. The van der Waals surface area contributed by atoms with Crippen molar-refractivity contribution in [3.05, 3.63) is 18.0 Å². The van der Waals surface area contributed by atoms with Crippen molar-refractivity contribution in [1.29, 1.82) is 0 Å². The molecule has 0 spiro atoms. The van der Waals surface area contributed by atoms with Gasteiger partial charge in [0.25, 0.3) is 0 Å². The lowest BCUT2D eigenvalue weighted by molar-refractivity contribution is 0.590. The smallest absolute Gasteiger partial charge is 0.239 e. The molecule has 1 aromatic heterocycles. The molecule has 0 unspecified atom stereocenters. The maximum Gasteiger partial charge on any atom is 0.239 e. The molecule has 0 saturated heterocycles. The van der Waals surface area contributed by atoms with E-state index < -0.39 is 10.0 Å². The second-order valence-corrected chi connectivity index (χ2v) is 5.44. The monoisotopic (exact) mass is 214 g/mol. The molecule has 0 amide bonds. The van der Waals surface area contributed by atoms with Gasteiger partial charge in [-0.15, -0.1) is 0 Å². The molecule has 1 saturated carbocycles. The molecule has 1 fully saturated rings. The summed E-state index contributed by atoms with van der Waals surface area (Å²) in [6, 6.07) is 1.58. The summed E-state index contributed by atoms with van der Waals surface area (Å²) in [7, 11) is -3.55. The third-order valence-corrected chi connectivity index (χ3v) is 3.70. The number of aromatic nitrogens is 1. The summed E-state index contributed by atoms with van der Waals surface area (Å²) >= 11 is 0. The van der Waals surface area contributed by atoms with Crippen LogP contribution in [0.5, 0.6) is 0 Å². The fourth-order valence-electron chi connectivity index (χ4n) is 1.61. The number of hydrogen-bond acceptors (Lipinski definition) is 2. The minimum absolute atomic E-state index is 0.248. The summed E-state index contributed by atoms with van der Waals surface area (Å²) in [5.74, 6) is 0.731. The van der Waals surface area contributed by atoms with Crippen molar-refractivity contribution in [2.75, 3.05) is 0 Å². The van der Waals surface area contributed by atoms with E-state index in [4.69, 9.17) is 5.14 Å². The molecule has 1 heterocycles. The zero-order valence-electron chi connectivity index (χ0n) is 8.10. The molecule has 2 rings (SSSR count). The van der Waals surface area contributed by atoms with Crippen molar-refractivity contribution in [2.24, 2.45) is 11.1 Å². The van der Waals surface area contributed by atoms with Gasteiger partial charge >= 0.3 is 0 Å². The number of primary sulfonamides is 1. The minimum Gasteiger partial charge on any atom is -0.350 e. The highest BCUT2D eigenvalue weighted by Crippen LogP contribution is 2.31. The lowest BCUT2D eigenvalue weighted by atomic mass is 10.4. The van der Waals surface area contributed by atoms with Gasteiger partial charge in [-0.25, -0.2) is 13.6 Å². The molecule has 14 heavy (non-hydrogen) atoms. The largest absolute Gasteiger partial charge is 0.350 e. The molecule has 5 heteroatoms. The van der Waals surface area contributed by atoms with Crippen LogP contribution in [0.25, 0.3) is 0 Å². The first kappa shape index (κ1) is 9.73. The lowest BCUT2D eigenvalue weighted by Crippen LogP contribution is -2.13. The highest BCUT2D eigenvalue weighted by molar-refractivity contribution is 7.89. The van der Waals surface area contributed by atoms with Crippen LogP contribution in [0, 0.1) is 12.8 Å². The van der Waals surface area contributed by atoms with E-state index >= 15 is 0 Å². The summed E-state index contributed by atoms with van der Waals surface area (Å²) in [5, 5.41) is 5.08. The first-order chi connectivity index (χ1) is 6.48. The Morgan fingerprint density at radius 1 is 1.57 bits per heavy atom. The lowest BCUT2D eigenvalue weighted by Gasteiger charge is -2.05. The Balaban J connectivity index is 2.31. The van der Waals surface area contributed by atoms with Gasteiger partial charge in [0.05, 0.1) is 0 Å². The van der Waals surface area contributed by atoms with Crippen LogP contribution in [-0.2, 0) is 16.6 Å². The third kappa shape index (κ3) is 1.83. The zero-order chi connectivity index (χ0) is 10.3. The van der Waals surface area contributed by atoms with E-state index in [1.165, 1.54) is 12.8 Å². The van der Waals surface area contributed by atoms with Gasteiger partial charge < -0.3 is 4.57 Å². The van der Waals surface area contributed by atoms with Crippen LogP contribution in [-0.4, -0.2) is 13.0 Å². The molecular weight excluding hydrogens is 200 g/mol. The van der Waals surface area contributed by atoms with Gasteiger partial charge in [-0.2, -0.15) is 0 Å². The molecule has 0 aliphatic heterocycles. The fourth-order valence-corrected chi connectivity index (χ4v) is 2.39. The summed E-state index contributed by atoms with van der Waals surface area (Å²) in [4.78, 5) is 0.248. The standard InChI is InChI=1S/C9H14N2O2S/c1-7-9(14(10,12)13)4-5-11(7)6-8-2-3-8/h4-5,8H,2-3,6H2,1H3,(H2,10,12,13). The van der Waals surface area contributed by atoms with Crippen molar-refractivity contribution in [3.8, 4) is 0 Å². The van der Waals surface area contributed by atoms with E-state index in [9.17, 15) is 8.42 Å². The van der Waals surface area contributed by atoms with Crippen LogP contribution in [0.2, 0.25) is 0 Å². The van der Waals surface area contributed by atoms with Crippen molar-refractivity contribution >= 4 is 10.0 Å². The average molecular weight is 214 g/mol. The Hall–Kier alpha value is -0.810. The molecule has 1 aromatic rings. The number of hydrogen-bond donors (Lipinski definition) is 1. The predicted octanol–water partition coefficient (Wildman–Crippen LogP) is 0.854. The minimum atomic E-state index is -3.55. The molecule has 78 valence electrons. The molecule has 0 bridgehead atoms. The van der Waals surface area contributed by atoms with E-state index in [1.54, 1.807) is 19.2 Å². The Morgan fingerprint density at radius 3 is 2.64 bits per heavy atom. The van der Waals surface area contributed by atoms with E-state index in [1.807, 2.05) is 4.57 Å². The van der Waals surface area contributed by atoms with Gasteiger partial charge in [0, 0.05) is 18.4 Å². The first-order valence-corrected chi connectivity index (χ1v) is 6.21. The Labute approximate surface area is 83.8 Å². The van der Waals surface area contributed by atoms with Crippen molar-refractivity contribution in [3.63, 3.8) is 0 Å². The van der Waals surface area contributed by atoms with Crippen LogP contribution < -0.4 is 5.14 Å². The van der Waals surface area contributed by atoms with Crippen LogP contribution in [0.4, 0.5) is 0 Å². The first-order valence-electron chi connectivity index (χ1n) is 4.67. The van der Waals surface area contributed by atoms with Gasteiger partial charge in [0.15, 0.2) is 0 Å². The fraction of sp³-hybridized carbons (Fsp3) is 0.556. The molecule has 1 aliphatic rings. The van der Waals surface area contributed by atoms with E-state index in [0.29, 0.717) is 0 Å². The molecule has 4 nitrogen and oxygen atoms in total. The Kier molecular flexibility index (Phi) is 2.16. The van der Waals surface area contributed by atoms with Gasteiger partial charge in [-0.05, 0) is 31.7 Å². The van der Waals surface area contributed by atoms with E-state index in [0.717, 1.165) is 18.2 Å². The normalized spacial score (nSPS) is 17.3. The highest BCUT2D eigenvalue weighted by Gasteiger charge is 2.23. The second-order valence-electron chi connectivity index (χ2n) is 3.91. The summed E-state index contributed by atoms with van der Waals surface area (Å²) in [6.07, 6.45) is 4.30. The summed E-state index contributed by atoms with van der Waals surface area (Å²) < 4.78 is 24.2. The van der Waals surface area contributed by atoms with E-state index in [2.05, 4.69) is 0 Å². The molecule has 0 aromatic carbocycles. The molecule has 2 N–H and O–H groups in total. The molecule has 0 radical (unpaired) electrons. The topological polar surface area (TPSA) is 65.1 Å². The number of nitrogens with zero attached hydrogens (tertiary/aromatic N) is 1. The molecule has 1 aliphatic carbocycles. The van der Waals surface area contributed by atoms with Gasteiger partial charge in [-0.1, -0.05) is 0 Å². The van der Waals surface area contributed by atoms with Crippen molar-refractivity contribution < 1.29 is 8.42 Å². The van der Waals surface area contributed by atoms with Gasteiger partial charge in [0.2, 0.25) is 10.0 Å². The molecule has 0 atom stereocenters. The molecular formula is C9H14N2O2S. The quantitative estimate of drug-likeness (QED) is 0.810. The number of nitrogens with two attached hydrogens (primary N) is 1. The van der Waals surface area contributed by atoms with Gasteiger partial charge in [-0.3, -0.25) is 0 Å². The third-order valence-electron chi connectivity index (χ3n) is 2.65. The SMILES string of the molecule is Cc1c(S(N)(=O)=O)ccn1CC1CC1. The Bertz CT molecular complexity index is 443. The van der Waals surface area contributed by atoms with Crippen LogP contribution >= 0.6 is 0 Å². The maximum atomic E-state index is 11.1.